The number of hydrazine groups is 1. The second-order valence-corrected chi connectivity index (χ2v) is 4.52. The first-order chi connectivity index (χ1) is 7.52. The maximum atomic E-state index is 5.61. The SMILES string of the molecule is COc1c(C(NN)C(C)C)ccc(C)c1C. The molecule has 0 aliphatic rings. The van der Waals surface area contributed by atoms with Gasteiger partial charge in [0.1, 0.15) is 5.75 Å². The quantitative estimate of drug-likeness (QED) is 0.607. The van der Waals surface area contributed by atoms with Crippen molar-refractivity contribution >= 4 is 0 Å². The Morgan fingerprint density at radius 3 is 2.31 bits per heavy atom. The van der Waals surface area contributed by atoms with E-state index < -0.39 is 0 Å². The summed E-state index contributed by atoms with van der Waals surface area (Å²) in [6, 6.07) is 4.32. The van der Waals surface area contributed by atoms with Gasteiger partial charge < -0.3 is 4.74 Å². The molecule has 0 aliphatic heterocycles. The molecule has 0 aliphatic carbocycles. The van der Waals surface area contributed by atoms with Gasteiger partial charge in [-0.2, -0.15) is 0 Å². The van der Waals surface area contributed by atoms with Crippen molar-refractivity contribution < 1.29 is 4.74 Å². The Bertz CT molecular complexity index is 361. The molecule has 0 bridgehead atoms. The highest BCUT2D eigenvalue weighted by Gasteiger charge is 2.19. The molecule has 1 unspecified atom stereocenters. The molecule has 0 aromatic heterocycles. The fourth-order valence-corrected chi connectivity index (χ4v) is 1.97. The lowest BCUT2D eigenvalue weighted by atomic mass is 9.93. The first kappa shape index (κ1) is 13.0. The van der Waals surface area contributed by atoms with Crippen LogP contribution in [0.2, 0.25) is 0 Å². The molecule has 1 aromatic carbocycles. The standard InChI is InChI=1S/C13H22N2O/c1-8(2)12(15-14)11-7-6-9(3)10(4)13(11)16-5/h6-8,12,15H,14H2,1-5H3. The monoisotopic (exact) mass is 222 g/mol. The number of rotatable bonds is 4. The van der Waals surface area contributed by atoms with Crippen LogP contribution < -0.4 is 16.0 Å². The van der Waals surface area contributed by atoms with Crippen molar-refractivity contribution in [3.05, 3.63) is 28.8 Å². The van der Waals surface area contributed by atoms with Crippen molar-refractivity contribution in [3.8, 4) is 5.75 Å². The van der Waals surface area contributed by atoms with E-state index >= 15 is 0 Å². The number of hydrogen-bond acceptors (Lipinski definition) is 3. The minimum Gasteiger partial charge on any atom is -0.496 e. The maximum absolute atomic E-state index is 5.61. The number of hydrogen-bond donors (Lipinski definition) is 2. The first-order valence-corrected chi connectivity index (χ1v) is 5.63. The summed E-state index contributed by atoms with van der Waals surface area (Å²) < 4.78 is 5.49. The molecule has 16 heavy (non-hydrogen) atoms. The average molecular weight is 222 g/mol. The highest BCUT2D eigenvalue weighted by atomic mass is 16.5. The summed E-state index contributed by atoms with van der Waals surface area (Å²) in [5, 5.41) is 0. The van der Waals surface area contributed by atoms with Crippen molar-refractivity contribution in [3.63, 3.8) is 0 Å². The number of aryl methyl sites for hydroxylation is 1. The number of ether oxygens (including phenoxy) is 1. The lowest BCUT2D eigenvalue weighted by Gasteiger charge is -2.24. The molecule has 0 amide bonds. The van der Waals surface area contributed by atoms with Crippen molar-refractivity contribution in [1.29, 1.82) is 0 Å². The zero-order valence-electron chi connectivity index (χ0n) is 10.8. The Labute approximate surface area is 98.0 Å². The fraction of sp³-hybridized carbons (Fsp3) is 0.538. The number of benzene rings is 1. The lowest BCUT2D eigenvalue weighted by Crippen LogP contribution is -2.32. The van der Waals surface area contributed by atoms with Gasteiger partial charge in [-0.15, -0.1) is 0 Å². The van der Waals surface area contributed by atoms with Gasteiger partial charge in [-0.1, -0.05) is 26.0 Å². The van der Waals surface area contributed by atoms with E-state index in [0.717, 1.165) is 11.3 Å². The average Bonchev–Trinajstić information content (AvgIpc) is 2.24. The van der Waals surface area contributed by atoms with Gasteiger partial charge in [0.2, 0.25) is 0 Å². The van der Waals surface area contributed by atoms with Crippen LogP contribution in [0.15, 0.2) is 12.1 Å². The van der Waals surface area contributed by atoms with Crippen LogP contribution in [0.25, 0.3) is 0 Å². The van der Waals surface area contributed by atoms with Crippen LogP contribution >= 0.6 is 0 Å². The number of nitrogens with one attached hydrogen (secondary N) is 1. The molecule has 1 rings (SSSR count). The van der Waals surface area contributed by atoms with Gasteiger partial charge in [0.15, 0.2) is 0 Å². The molecule has 0 heterocycles. The van der Waals surface area contributed by atoms with Crippen LogP contribution in [0, 0.1) is 19.8 Å². The molecule has 0 saturated carbocycles. The van der Waals surface area contributed by atoms with Gasteiger partial charge in [-0.25, -0.2) is 0 Å². The second kappa shape index (κ2) is 5.32. The van der Waals surface area contributed by atoms with E-state index in [9.17, 15) is 0 Å². The van der Waals surface area contributed by atoms with E-state index in [1.807, 2.05) is 0 Å². The molecule has 3 nitrogen and oxygen atoms in total. The first-order valence-electron chi connectivity index (χ1n) is 5.63. The minimum atomic E-state index is 0.120. The Morgan fingerprint density at radius 2 is 1.88 bits per heavy atom. The van der Waals surface area contributed by atoms with Crippen molar-refractivity contribution in [2.45, 2.75) is 33.7 Å². The predicted octanol–water partition coefficient (Wildman–Crippen LogP) is 2.47. The molecule has 0 radical (unpaired) electrons. The van der Waals surface area contributed by atoms with E-state index in [1.165, 1.54) is 11.1 Å². The molecule has 90 valence electrons. The zero-order valence-corrected chi connectivity index (χ0v) is 10.8. The molecule has 3 heteroatoms. The van der Waals surface area contributed by atoms with Gasteiger partial charge in [0, 0.05) is 5.56 Å². The molecular weight excluding hydrogens is 200 g/mol. The summed E-state index contributed by atoms with van der Waals surface area (Å²) in [7, 11) is 1.71. The van der Waals surface area contributed by atoms with Crippen molar-refractivity contribution in [2.75, 3.05) is 7.11 Å². The molecular formula is C13H22N2O. The summed E-state index contributed by atoms with van der Waals surface area (Å²) in [6.07, 6.45) is 0. The predicted molar refractivity (Wildman–Crippen MR) is 67.4 cm³/mol. The van der Waals surface area contributed by atoms with Gasteiger partial charge in [-0.05, 0) is 30.9 Å². The van der Waals surface area contributed by atoms with E-state index in [0.29, 0.717) is 5.92 Å². The van der Waals surface area contributed by atoms with Gasteiger partial charge in [-0.3, -0.25) is 11.3 Å². The third kappa shape index (κ3) is 2.36. The van der Waals surface area contributed by atoms with Crippen LogP contribution in [-0.2, 0) is 0 Å². The van der Waals surface area contributed by atoms with Crippen molar-refractivity contribution in [1.82, 2.24) is 5.43 Å². The van der Waals surface area contributed by atoms with E-state index in [2.05, 4.69) is 45.3 Å². The third-order valence-corrected chi connectivity index (χ3v) is 3.09. The summed E-state index contributed by atoms with van der Waals surface area (Å²) in [5.41, 5.74) is 6.40. The van der Waals surface area contributed by atoms with E-state index in [1.54, 1.807) is 7.11 Å². The highest BCUT2D eigenvalue weighted by Crippen LogP contribution is 2.33. The van der Waals surface area contributed by atoms with Gasteiger partial charge in [0.05, 0.1) is 13.2 Å². The molecule has 1 aromatic rings. The van der Waals surface area contributed by atoms with Crippen LogP contribution in [0.4, 0.5) is 0 Å². The Hall–Kier alpha value is -1.06. The molecule has 0 spiro atoms. The Kier molecular flexibility index (Phi) is 4.33. The Balaban J connectivity index is 3.27. The zero-order chi connectivity index (χ0) is 12.3. The molecule has 0 saturated heterocycles. The largest absolute Gasteiger partial charge is 0.496 e. The van der Waals surface area contributed by atoms with Gasteiger partial charge in [0.25, 0.3) is 0 Å². The van der Waals surface area contributed by atoms with Gasteiger partial charge >= 0.3 is 0 Å². The highest BCUT2D eigenvalue weighted by molar-refractivity contribution is 5.46. The fourth-order valence-electron chi connectivity index (χ4n) is 1.97. The summed E-state index contributed by atoms with van der Waals surface area (Å²) in [6.45, 7) is 8.44. The second-order valence-electron chi connectivity index (χ2n) is 4.52. The lowest BCUT2D eigenvalue weighted by molar-refractivity contribution is 0.371. The maximum Gasteiger partial charge on any atom is 0.126 e. The summed E-state index contributed by atoms with van der Waals surface area (Å²) in [5.74, 6) is 6.97. The Morgan fingerprint density at radius 1 is 1.25 bits per heavy atom. The normalized spacial score (nSPS) is 12.9. The van der Waals surface area contributed by atoms with Crippen LogP contribution in [-0.4, -0.2) is 7.11 Å². The molecule has 1 atom stereocenters. The third-order valence-electron chi connectivity index (χ3n) is 3.09. The van der Waals surface area contributed by atoms with Crippen LogP contribution in [0.5, 0.6) is 5.75 Å². The molecule has 0 fully saturated rings. The smallest absolute Gasteiger partial charge is 0.126 e. The van der Waals surface area contributed by atoms with E-state index in [-0.39, 0.29) is 6.04 Å². The van der Waals surface area contributed by atoms with Crippen LogP contribution in [0.3, 0.4) is 0 Å². The number of nitrogens with two attached hydrogens (primary N) is 1. The van der Waals surface area contributed by atoms with Crippen LogP contribution in [0.1, 0.15) is 36.6 Å². The minimum absolute atomic E-state index is 0.120. The van der Waals surface area contributed by atoms with E-state index in [4.69, 9.17) is 10.6 Å². The topological polar surface area (TPSA) is 47.3 Å². The van der Waals surface area contributed by atoms with Crippen molar-refractivity contribution in [2.24, 2.45) is 11.8 Å². The summed E-state index contributed by atoms with van der Waals surface area (Å²) in [4.78, 5) is 0. The summed E-state index contributed by atoms with van der Waals surface area (Å²) >= 11 is 0. The number of methoxy groups -OCH3 is 1. The molecule has 3 N–H and O–H groups in total.